The molecule has 2 aromatic heterocycles. The zero-order valence-corrected chi connectivity index (χ0v) is 26.8. The second kappa shape index (κ2) is 9.97. The topological polar surface area (TPSA) is 21.3 Å². The number of rotatable bonds is 4. The molecule has 0 radical (unpaired) electrons. The van der Waals surface area contributed by atoms with Crippen LogP contribution in [0.15, 0.2) is 162 Å². The number of aromatic nitrogens is 1. The number of benzene rings is 7. The quantitative estimate of drug-likeness (QED) is 0.196. The second-order valence-corrected chi connectivity index (χ2v) is 13.3. The van der Waals surface area contributed by atoms with Gasteiger partial charge in [0.15, 0.2) is 5.58 Å². The maximum Gasteiger partial charge on any atom is 0.159 e. The third-order valence-corrected chi connectivity index (χ3v) is 10.4. The van der Waals surface area contributed by atoms with E-state index >= 15 is 0 Å². The van der Waals surface area contributed by atoms with Crippen LogP contribution < -0.4 is 4.90 Å². The molecule has 0 fully saturated rings. The Morgan fingerprint density at radius 2 is 1.12 bits per heavy atom. The van der Waals surface area contributed by atoms with Gasteiger partial charge in [-0.25, -0.2) is 0 Å². The average molecular weight is 617 g/mol. The lowest BCUT2D eigenvalue weighted by Gasteiger charge is -2.32. The zero-order chi connectivity index (χ0) is 32.0. The van der Waals surface area contributed by atoms with E-state index in [0.29, 0.717) is 0 Å². The highest BCUT2D eigenvalue weighted by Crippen LogP contribution is 2.56. The lowest BCUT2D eigenvalue weighted by Crippen LogP contribution is -2.21. The van der Waals surface area contributed by atoms with Crippen molar-refractivity contribution in [2.45, 2.75) is 19.3 Å². The molecule has 10 rings (SSSR count). The highest BCUT2D eigenvalue weighted by molar-refractivity contribution is 6.18. The first-order valence-corrected chi connectivity index (χ1v) is 16.6. The van der Waals surface area contributed by atoms with Gasteiger partial charge in [0.2, 0.25) is 0 Å². The van der Waals surface area contributed by atoms with Crippen LogP contribution in [-0.2, 0) is 5.41 Å². The number of anilines is 3. The molecule has 0 unspecified atom stereocenters. The van der Waals surface area contributed by atoms with E-state index in [0.717, 1.165) is 50.2 Å². The number of furan rings is 1. The molecule has 7 aromatic carbocycles. The van der Waals surface area contributed by atoms with Crippen molar-refractivity contribution in [1.82, 2.24) is 4.57 Å². The van der Waals surface area contributed by atoms with Crippen molar-refractivity contribution >= 4 is 60.8 Å². The van der Waals surface area contributed by atoms with Crippen LogP contribution in [0.4, 0.5) is 17.1 Å². The molecular formula is C45H32N2O. The van der Waals surface area contributed by atoms with Crippen molar-refractivity contribution in [2.75, 3.05) is 4.90 Å². The van der Waals surface area contributed by atoms with Gasteiger partial charge in [0.1, 0.15) is 5.58 Å². The van der Waals surface area contributed by atoms with Crippen molar-refractivity contribution in [1.29, 1.82) is 0 Å². The van der Waals surface area contributed by atoms with E-state index in [1.807, 2.05) is 6.07 Å². The summed E-state index contributed by atoms with van der Waals surface area (Å²) < 4.78 is 9.16. The van der Waals surface area contributed by atoms with Crippen molar-refractivity contribution in [3.05, 3.63) is 169 Å². The molecule has 48 heavy (non-hydrogen) atoms. The number of para-hydroxylation sites is 4. The number of hydrogen-bond acceptors (Lipinski definition) is 2. The fourth-order valence-corrected chi connectivity index (χ4v) is 8.35. The van der Waals surface area contributed by atoms with Crippen LogP contribution in [0.25, 0.3) is 60.6 Å². The fourth-order valence-electron chi connectivity index (χ4n) is 8.35. The highest BCUT2D eigenvalue weighted by atomic mass is 16.3. The van der Waals surface area contributed by atoms with Crippen LogP contribution in [0.2, 0.25) is 0 Å². The van der Waals surface area contributed by atoms with E-state index in [4.69, 9.17) is 4.42 Å². The monoisotopic (exact) mass is 616 g/mol. The first-order valence-electron chi connectivity index (χ1n) is 16.6. The lowest BCUT2D eigenvalue weighted by molar-refractivity contribution is 0.659. The van der Waals surface area contributed by atoms with Gasteiger partial charge in [-0.3, -0.25) is 0 Å². The highest BCUT2D eigenvalue weighted by Gasteiger charge is 2.39. The Hall–Kier alpha value is -6.06. The van der Waals surface area contributed by atoms with E-state index < -0.39 is 0 Å². The summed E-state index contributed by atoms with van der Waals surface area (Å²) in [7, 11) is 0. The molecule has 0 spiro atoms. The molecule has 2 heterocycles. The molecule has 9 aromatic rings. The van der Waals surface area contributed by atoms with Crippen molar-refractivity contribution in [2.24, 2.45) is 0 Å². The van der Waals surface area contributed by atoms with Crippen LogP contribution in [-0.4, -0.2) is 4.57 Å². The van der Waals surface area contributed by atoms with Gasteiger partial charge in [0.05, 0.1) is 28.1 Å². The number of fused-ring (bicyclic) bond motifs is 9. The molecule has 3 heteroatoms. The van der Waals surface area contributed by atoms with Gasteiger partial charge in [0, 0.05) is 32.6 Å². The standard InChI is InChI=1S/C45H32N2O/c1-45(2)35-22-9-6-17-30(35)32-20-12-26-39(43(32)45)47(40-27-13-21-33-31-18-8-11-28-41(31)48-44(33)40)38-25-14-24-37-42(38)34-19-7-10-23-36(34)46(37)29-15-4-3-5-16-29/h3-28H,1-2H3. The molecule has 1 aliphatic rings. The van der Waals surface area contributed by atoms with Crippen LogP contribution in [0.1, 0.15) is 25.0 Å². The summed E-state index contributed by atoms with van der Waals surface area (Å²) >= 11 is 0. The van der Waals surface area contributed by atoms with E-state index in [-0.39, 0.29) is 5.41 Å². The smallest absolute Gasteiger partial charge is 0.159 e. The van der Waals surface area contributed by atoms with Crippen LogP contribution in [0.5, 0.6) is 0 Å². The van der Waals surface area contributed by atoms with Crippen LogP contribution in [0, 0.1) is 0 Å². The van der Waals surface area contributed by atoms with E-state index in [1.165, 1.54) is 38.5 Å². The largest absolute Gasteiger partial charge is 0.454 e. The molecule has 3 nitrogen and oxygen atoms in total. The molecule has 0 atom stereocenters. The summed E-state index contributed by atoms with van der Waals surface area (Å²) in [4.78, 5) is 2.47. The predicted octanol–water partition coefficient (Wildman–Crippen LogP) is 12.5. The minimum absolute atomic E-state index is 0.214. The molecule has 0 aliphatic heterocycles. The van der Waals surface area contributed by atoms with Gasteiger partial charge in [-0.2, -0.15) is 0 Å². The lowest BCUT2D eigenvalue weighted by atomic mass is 9.81. The minimum Gasteiger partial charge on any atom is -0.454 e. The fraction of sp³-hybridized carbons (Fsp3) is 0.0667. The Labute approximate surface area is 278 Å². The van der Waals surface area contributed by atoms with Crippen molar-refractivity contribution in [3.8, 4) is 16.8 Å². The Kier molecular flexibility index (Phi) is 5.63. The summed E-state index contributed by atoms with van der Waals surface area (Å²) in [5.41, 5.74) is 13.6. The maximum atomic E-state index is 6.77. The Morgan fingerprint density at radius 3 is 2.02 bits per heavy atom. The van der Waals surface area contributed by atoms with Crippen LogP contribution >= 0.6 is 0 Å². The Balaban J connectivity index is 1.36. The summed E-state index contributed by atoms with van der Waals surface area (Å²) in [6.07, 6.45) is 0. The molecule has 0 saturated carbocycles. The molecule has 1 aliphatic carbocycles. The minimum atomic E-state index is -0.214. The van der Waals surface area contributed by atoms with Gasteiger partial charge < -0.3 is 13.9 Å². The third-order valence-electron chi connectivity index (χ3n) is 10.4. The van der Waals surface area contributed by atoms with Gasteiger partial charge in [0.25, 0.3) is 0 Å². The van der Waals surface area contributed by atoms with Crippen molar-refractivity contribution < 1.29 is 4.42 Å². The van der Waals surface area contributed by atoms with Gasteiger partial charge in [-0.05, 0) is 70.8 Å². The summed E-state index contributed by atoms with van der Waals surface area (Å²) in [5, 5.41) is 4.65. The van der Waals surface area contributed by atoms with E-state index in [2.05, 4.69) is 175 Å². The molecule has 0 saturated heterocycles. The first-order chi connectivity index (χ1) is 23.6. The molecule has 228 valence electrons. The molecule has 0 bridgehead atoms. The summed E-state index contributed by atoms with van der Waals surface area (Å²) in [6.45, 7) is 4.73. The number of nitrogens with zero attached hydrogens (tertiary/aromatic N) is 2. The molecule has 0 N–H and O–H groups in total. The third kappa shape index (κ3) is 3.64. The average Bonchev–Trinajstić information content (AvgIpc) is 3.76. The summed E-state index contributed by atoms with van der Waals surface area (Å²) in [6, 6.07) is 56.8. The molecular weight excluding hydrogens is 585 g/mol. The normalized spacial score (nSPS) is 13.4. The number of hydrogen-bond donors (Lipinski definition) is 0. The SMILES string of the molecule is CC1(C)c2ccccc2-c2cccc(N(c3cccc4c3oc3ccccc34)c3cccc4c3c3ccccc3n4-c3ccccc3)c21. The van der Waals surface area contributed by atoms with Gasteiger partial charge in [-0.1, -0.05) is 123 Å². The zero-order valence-electron chi connectivity index (χ0n) is 26.8. The Bertz CT molecular complexity index is 2710. The van der Waals surface area contributed by atoms with E-state index in [9.17, 15) is 0 Å². The Morgan fingerprint density at radius 1 is 0.500 bits per heavy atom. The predicted molar refractivity (Wildman–Crippen MR) is 200 cm³/mol. The van der Waals surface area contributed by atoms with Gasteiger partial charge in [-0.15, -0.1) is 0 Å². The van der Waals surface area contributed by atoms with Gasteiger partial charge >= 0.3 is 0 Å². The second-order valence-electron chi connectivity index (χ2n) is 13.3. The maximum absolute atomic E-state index is 6.77. The van der Waals surface area contributed by atoms with E-state index in [1.54, 1.807) is 0 Å². The van der Waals surface area contributed by atoms with Crippen molar-refractivity contribution in [3.63, 3.8) is 0 Å². The summed E-state index contributed by atoms with van der Waals surface area (Å²) in [5.74, 6) is 0. The first kappa shape index (κ1) is 27.1. The van der Waals surface area contributed by atoms with Crippen LogP contribution in [0.3, 0.4) is 0 Å². The molecule has 0 amide bonds.